The van der Waals surface area contributed by atoms with E-state index >= 15 is 0 Å². The summed E-state index contributed by atoms with van der Waals surface area (Å²) in [6.45, 7) is 4.18. The highest BCUT2D eigenvalue weighted by Gasteiger charge is 2.53. The smallest absolute Gasteiger partial charge is 0.395 e. The van der Waals surface area contributed by atoms with Crippen LogP contribution in [0.3, 0.4) is 0 Å². The number of piperazine rings is 1. The molecule has 2 aliphatic carbocycles. The highest BCUT2D eigenvalue weighted by molar-refractivity contribution is 7.97. The van der Waals surface area contributed by atoms with Crippen molar-refractivity contribution in [2.45, 2.75) is 54.2 Å². The maximum absolute atomic E-state index is 13.9. The first-order valence-corrected chi connectivity index (χ1v) is 18.6. The minimum absolute atomic E-state index is 0.00565. The second-order valence-corrected chi connectivity index (χ2v) is 16.3. The van der Waals surface area contributed by atoms with Crippen molar-refractivity contribution in [1.29, 1.82) is 0 Å². The second kappa shape index (κ2) is 13.4. The topological polar surface area (TPSA) is 101 Å². The first-order chi connectivity index (χ1) is 21.3. The molecule has 1 amide bonds. The first kappa shape index (κ1) is 33.5. The van der Waals surface area contributed by atoms with Crippen LogP contribution in [-0.4, -0.2) is 94.3 Å². The lowest BCUT2D eigenvalue weighted by Gasteiger charge is -2.37. The van der Waals surface area contributed by atoms with E-state index in [-0.39, 0.29) is 40.7 Å². The Kier molecular flexibility index (Phi) is 10.0. The molecule has 2 aliphatic heterocycles. The third-order valence-electron chi connectivity index (χ3n) is 9.04. The number of nitrogens with zero attached hydrogens (tertiary/aromatic N) is 2. The lowest BCUT2D eigenvalue weighted by Crippen LogP contribution is -2.50. The molecule has 0 radical (unpaired) electrons. The molecule has 0 aromatic heterocycles. The number of alkyl halides is 3. The highest BCUT2D eigenvalue weighted by atomic mass is 32.2. The van der Waals surface area contributed by atoms with Crippen LogP contribution in [0.4, 0.5) is 13.2 Å². The van der Waals surface area contributed by atoms with Crippen molar-refractivity contribution in [1.82, 2.24) is 9.80 Å². The Hall–Kier alpha value is -2.90. The first-order valence-electron chi connectivity index (χ1n) is 15.4. The summed E-state index contributed by atoms with van der Waals surface area (Å²) in [4.78, 5) is 17.6. The average molecular weight is 669 g/mol. The van der Waals surface area contributed by atoms with Crippen molar-refractivity contribution in [2.24, 2.45) is 11.8 Å². The molecule has 4 aliphatic rings. The molecule has 13 heteroatoms. The third kappa shape index (κ3) is 7.10. The van der Waals surface area contributed by atoms with Gasteiger partial charge in [0.1, 0.15) is 11.0 Å². The van der Waals surface area contributed by atoms with E-state index in [1.165, 1.54) is 24.3 Å². The SMILES string of the molecule is CCCCOC1=C2C(CC=C1C(=O)N1CCN(CCC3C=CC=CC3C(F)(F)F)CC1)S(=O)(=O)CC2S(=O)(=O)c1ccccc1. The maximum Gasteiger partial charge on any atom is 0.395 e. The summed E-state index contributed by atoms with van der Waals surface area (Å²) in [5.74, 6) is -3.06. The number of sulfone groups is 2. The number of unbranched alkanes of at least 4 members (excludes halogenated alkanes) is 1. The van der Waals surface area contributed by atoms with Crippen molar-refractivity contribution in [3.8, 4) is 0 Å². The van der Waals surface area contributed by atoms with Gasteiger partial charge in [0.05, 0.1) is 34.0 Å². The number of ether oxygens (including phenoxy) is 1. The van der Waals surface area contributed by atoms with Gasteiger partial charge in [0, 0.05) is 31.8 Å². The lowest BCUT2D eigenvalue weighted by atomic mass is 9.85. The Labute approximate surface area is 263 Å². The summed E-state index contributed by atoms with van der Waals surface area (Å²) in [6.07, 6.45) is 4.83. The molecule has 0 saturated carbocycles. The molecular formula is C32H39F3N2O6S2. The van der Waals surface area contributed by atoms with Gasteiger partial charge in [-0.05, 0) is 43.9 Å². The summed E-state index contributed by atoms with van der Waals surface area (Å²) in [6, 6.07) is 7.70. The molecule has 1 aromatic carbocycles. The Balaban J connectivity index is 1.34. The number of halogens is 3. The molecule has 4 unspecified atom stereocenters. The summed E-state index contributed by atoms with van der Waals surface area (Å²) >= 11 is 0. The van der Waals surface area contributed by atoms with Crippen LogP contribution in [0, 0.1) is 11.8 Å². The van der Waals surface area contributed by atoms with E-state index in [0.717, 1.165) is 6.42 Å². The zero-order valence-electron chi connectivity index (χ0n) is 25.2. The summed E-state index contributed by atoms with van der Waals surface area (Å²) in [7, 11) is -7.94. The fourth-order valence-electron chi connectivity index (χ4n) is 6.51. The van der Waals surface area contributed by atoms with Crippen molar-refractivity contribution < 1.29 is 39.5 Å². The minimum Gasteiger partial charge on any atom is -0.493 e. The highest BCUT2D eigenvalue weighted by Crippen LogP contribution is 2.43. The Bertz CT molecular complexity index is 1590. The third-order valence-corrected chi connectivity index (χ3v) is 13.5. The Morgan fingerprint density at radius 1 is 1.04 bits per heavy atom. The van der Waals surface area contributed by atoms with E-state index in [1.807, 2.05) is 11.8 Å². The van der Waals surface area contributed by atoms with Crippen molar-refractivity contribution in [2.75, 3.05) is 45.1 Å². The number of carbonyl (C=O) groups excluding carboxylic acids is 1. The molecule has 45 heavy (non-hydrogen) atoms. The standard InChI is InChI=1S/C32H39F3N2O6S2/c1-2-3-21-43-30-25(13-14-27-29(30)28(22-44(27,39)40)45(41,42)24-10-5-4-6-11-24)31(38)37-19-17-36(18-20-37)16-15-23-9-7-8-12-26(23)32(33,34)35/h4-13,23,26-28H,2-3,14-22H2,1H3. The van der Waals surface area contributed by atoms with Gasteiger partial charge in [-0.25, -0.2) is 16.8 Å². The van der Waals surface area contributed by atoms with Gasteiger partial charge in [-0.1, -0.05) is 61.9 Å². The molecule has 2 saturated heterocycles. The van der Waals surface area contributed by atoms with Gasteiger partial charge in [-0.15, -0.1) is 0 Å². The van der Waals surface area contributed by atoms with E-state index in [0.29, 0.717) is 45.6 Å². The second-order valence-electron chi connectivity index (χ2n) is 11.9. The molecule has 5 rings (SSSR count). The predicted octanol–water partition coefficient (Wildman–Crippen LogP) is 4.48. The van der Waals surface area contributed by atoms with Gasteiger partial charge < -0.3 is 9.64 Å². The van der Waals surface area contributed by atoms with E-state index in [2.05, 4.69) is 0 Å². The fraction of sp³-hybridized carbons (Fsp3) is 0.531. The van der Waals surface area contributed by atoms with E-state index in [9.17, 15) is 34.8 Å². The van der Waals surface area contributed by atoms with Crippen LogP contribution in [0.1, 0.15) is 32.6 Å². The van der Waals surface area contributed by atoms with Gasteiger partial charge in [-0.2, -0.15) is 13.2 Å². The van der Waals surface area contributed by atoms with Crippen LogP contribution >= 0.6 is 0 Å². The number of hydrogen-bond acceptors (Lipinski definition) is 7. The largest absolute Gasteiger partial charge is 0.493 e. The molecule has 0 spiro atoms. The van der Waals surface area contributed by atoms with E-state index in [4.69, 9.17) is 4.74 Å². The number of hydrogen-bond donors (Lipinski definition) is 0. The number of carbonyl (C=O) groups is 1. The van der Waals surface area contributed by atoms with Crippen molar-refractivity contribution in [3.63, 3.8) is 0 Å². The van der Waals surface area contributed by atoms with Crippen LogP contribution < -0.4 is 0 Å². The van der Waals surface area contributed by atoms with Crippen LogP contribution in [0.5, 0.6) is 0 Å². The van der Waals surface area contributed by atoms with Crippen molar-refractivity contribution >= 4 is 25.6 Å². The molecular weight excluding hydrogens is 629 g/mol. The number of fused-ring (bicyclic) bond motifs is 1. The molecule has 1 aromatic rings. The van der Waals surface area contributed by atoms with Gasteiger partial charge in [0.2, 0.25) is 0 Å². The average Bonchev–Trinajstić information content (AvgIpc) is 3.31. The number of rotatable bonds is 10. The fourth-order valence-corrected chi connectivity index (χ4v) is 11.2. The molecule has 246 valence electrons. The van der Waals surface area contributed by atoms with Crippen LogP contribution in [0.25, 0.3) is 0 Å². The quantitative estimate of drug-likeness (QED) is 0.339. The Morgan fingerprint density at radius 3 is 2.40 bits per heavy atom. The molecule has 2 fully saturated rings. The lowest BCUT2D eigenvalue weighted by molar-refractivity contribution is -0.171. The normalized spacial score (nSPS) is 26.9. The molecule has 4 atom stereocenters. The molecule has 2 heterocycles. The summed E-state index contributed by atoms with van der Waals surface area (Å²) < 4.78 is 101. The van der Waals surface area contributed by atoms with E-state index < -0.39 is 53.9 Å². The summed E-state index contributed by atoms with van der Waals surface area (Å²) in [5.41, 5.74) is 0.302. The van der Waals surface area contributed by atoms with Gasteiger partial charge in [-0.3, -0.25) is 9.69 Å². The Morgan fingerprint density at radius 2 is 1.73 bits per heavy atom. The van der Waals surface area contributed by atoms with Crippen LogP contribution in [-0.2, 0) is 29.2 Å². The monoisotopic (exact) mass is 668 g/mol. The maximum atomic E-state index is 13.9. The van der Waals surface area contributed by atoms with Gasteiger partial charge in [0.25, 0.3) is 5.91 Å². The van der Waals surface area contributed by atoms with Crippen LogP contribution in [0.2, 0.25) is 0 Å². The number of benzene rings is 1. The zero-order chi connectivity index (χ0) is 32.4. The minimum atomic E-state index is -4.31. The molecule has 0 N–H and O–H groups in total. The van der Waals surface area contributed by atoms with E-state index in [1.54, 1.807) is 41.3 Å². The van der Waals surface area contributed by atoms with Crippen LogP contribution in [0.15, 0.2) is 82.5 Å². The molecule has 8 nitrogen and oxygen atoms in total. The van der Waals surface area contributed by atoms with Gasteiger partial charge in [0.15, 0.2) is 19.7 Å². The van der Waals surface area contributed by atoms with Gasteiger partial charge >= 0.3 is 6.18 Å². The molecule has 0 bridgehead atoms. The zero-order valence-corrected chi connectivity index (χ0v) is 26.8. The summed E-state index contributed by atoms with van der Waals surface area (Å²) in [5, 5.41) is -2.46. The predicted molar refractivity (Wildman–Crippen MR) is 165 cm³/mol. The number of amides is 1. The van der Waals surface area contributed by atoms with Crippen molar-refractivity contribution in [3.05, 3.63) is 77.6 Å². The number of allylic oxidation sites excluding steroid dienone is 5.